The number of rotatable bonds is 3. The number of fused-ring (bicyclic) bond motifs is 3. The molecule has 0 bridgehead atoms. The van der Waals surface area contributed by atoms with E-state index in [4.69, 9.17) is 15.3 Å². The fourth-order valence-corrected chi connectivity index (χ4v) is 1.90. The monoisotopic (exact) mass is 435 g/mol. The second kappa shape index (κ2) is 16.4. The van der Waals surface area contributed by atoms with Gasteiger partial charge in [0.2, 0.25) is 0 Å². The molecule has 0 saturated carbocycles. The van der Waals surface area contributed by atoms with Gasteiger partial charge in [-0.05, 0) is 0 Å². The van der Waals surface area contributed by atoms with E-state index in [1.165, 1.54) is 21.5 Å². The standard InChI is InChI=1S/C13H9.3C3H6O2.Ti/c1-3-7-12-10(5-1)9-11-6-2-4-8-13(11)12;3*1-2-3(4)5;/h1-9H;3*2H2,1H3,(H,4,5);/q-1;;;;. The van der Waals surface area contributed by atoms with Crippen LogP contribution >= 0.6 is 0 Å². The van der Waals surface area contributed by atoms with Crippen LogP contribution in [0.2, 0.25) is 0 Å². The van der Waals surface area contributed by atoms with Crippen molar-refractivity contribution in [3.63, 3.8) is 0 Å². The van der Waals surface area contributed by atoms with Gasteiger partial charge in [0.15, 0.2) is 0 Å². The van der Waals surface area contributed by atoms with Crippen molar-refractivity contribution in [2.24, 2.45) is 0 Å². The van der Waals surface area contributed by atoms with Crippen molar-refractivity contribution in [2.75, 3.05) is 0 Å². The van der Waals surface area contributed by atoms with Gasteiger partial charge in [-0.1, -0.05) is 57.2 Å². The molecule has 0 radical (unpaired) electrons. The van der Waals surface area contributed by atoms with Crippen LogP contribution in [0.4, 0.5) is 0 Å². The molecule has 0 aliphatic rings. The Balaban J connectivity index is 0. The molecule has 156 valence electrons. The molecule has 3 aromatic rings. The number of carbonyl (C=O) groups is 3. The third-order valence-corrected chi connectivity index (χ3v) is 3.43. The first kappa shape index (κ1) is 28.6. The van der Waals surface area contributed by atoms with Crippen LogP contribution in [0, 0.1) is 0 Å². The molecule has 0 unspecified atom stereocenters. The minimum absolute atomic E-state index is 0. The molecule has 0 atom stereocenters. The van der Waals surface area contributed by atoms with E-state index in [2.05, 4.69) is 54.6 Å². The van der Waals surface area contributed by atoms with E-state index in [0.29, 0.717) is 0 Å². The first-order valence-corrected chi connectivity index (χ1v) is 8.95. The Morgan fingerprint density at radius 3 is 1.14 bits per heavy atom. The number of hydrogen-bond donors (Lipinski definition) is 3. The smallest absolute Gasteiger partial charge is 0.303 e. The molecule has 0 saturated heterocycles. The number of aliphatic carboxylic acids is 3. The summed E-state index contributed by atoms with van der Waals surface area (Å²) in [5.74, 6) is -2.24. The van der Waals surface area contributed by atoms with Crippen molar-refractivity contribution in [3.8, 4) is 0 Å². The van der Waals surface area contributed by atoms with E-state index in [-0.39, 0.29) is 41.0 Å². The number of benzene rings is 2. The molecular weight excluding hydrogens is 408 g/mol. The summed E-state index contributed by atoms with van der Waals surface area (Å²) in [6, 6.07) is 19.3. The minimum Gasteiger partial charge on any atom is -0.481 e. The molecule has 3 N–H and O–H groups in total. The largest absolute Gasteiger partial charge is 0.481 e. The van der Waals surface area contributed by atoms with Crippen LogP contribution in [0.25, 0.3) is 21.5 Å². The zero-order chi connectivity index (χ0) is 21.5. The maximum atomic E-state index is 9.37. The van der Waals surface area contributed by atoms with E-state index in [1.807, 2.05) is 0 Å². The molecule has 0 aliphatic carbocycles. The molecule has 3 rings (SSSR count). The third-order valence-electron chi connectivity index (χ3n) is 3.43. The Kier molecular flexibility index (Phi) is 16.2. The first-order chi connectivity index (χ1) is 13.3. The van der Waals surface area contributed by atoms with Gasteiger partial charge in [-0.3, -0.25) is 14.4 Å². The van der Waals surface area contributed by atoms with Crippen molar-refractivity contribution < 1.29 is 51.4 Å². The Hall–Kier alpha value is -2.57. The van der Waals surface area contributed by atoms with Gasteiger partial charge >= 0.3 is 17.9 Å². The Morgan fingerprint density at radius 2 is 0.897 bits per heavy atom. The Morgan fingerprint density at radius 1 is 0.655 bits per heavy atom. The summed E-state index contributed by atoms with van der Waals surface area (Å²) in [6.45, 7) is 4.80. The van der Waals surface area contributed by atoms with Gasteiger partial charge in [0.25, 0.3) is 0 Å². The molecule has 0 spiro atoms. The summed E-state index contributed by atoms with van der Waals surface area (Å²) in [5.41, 5.74) is 0. The first-order valence-electron chi connectivity index (χ1n) is 8.95. The zero-order valence-corrected chi connectivity index (χ0v) is 18.4. The van der Waals surface area contributed by atoms with E-state index in [1.54, 1.807) is 20.8 Å². The third kappa shape index (κ3) is 12.5. The molecular formula is C22H27O6Ti-. The van der Waals surface area contributed by atoms with Crippen molar-refractivity contribution in [3.05, 3.63) is 54.6 Å². The molecule has 0 aliphatic heterocycles. The number of carboxylic acids is 3. The van der Waals surface area contributed by atoms with Crippen LogP contribution < -0.4 is 0 Å². The van der Waals surface area contributed by atoms with Crippen molar-refractivity contribution in [2.45, 2.75) is 40.0 Å². The summed E-state index contributed by atoms with van der Waals surface area (Å²) in [5, 5.41) is 28.6. The van der Waals surface area contributed by atoms with Crippen LogP contribution in [0.15, 0.2) is 54.6 Å². The number of hydrogen-bond acceptors (Lipinski definition) is 3. The average Bonchev–Trinajstić information content (AvgIpc) is 3.08. The summed E-state index contributed by atoms with van der Waals surface area (Å²) in [7, 11) is 0. The van der Waals surface area contributed by atoms with Gasteiger partial charge in [0.1, 0.15) is 0 Å². The molecule has 0 aromatic heterocycles. The predicted octanol–water partition coefficient (Wildman–Crippen LogP) is 5.15. The van der Waals surface area contributed by atoms with Gasteiger partial charge in [-0.15, -0.1) is 39.7 Å². The molecule has 0 amide bonds. The SMILES string of the molecule is CCC(=O)O.CCC(=O)O.CCC(=O)O.[Ti].c1ccc2c(c1)[cH-]c1ccccc12. The van der Waals surface area contributed by atoms with E-state index in [0.717, 1.165) is 0 Å². The normalized spacial score (nSPS) is 8.79. The van der Waals surface area contributed by atoms with Crippen LogP contribution in [0.5, 0.6) is 0 Å². The van der Waals surface area contributed by atoms with Gasteiger partial charge < -0.3 is 15.3 Å². The van der Waals surface area contributed by atoms with E-state index in [9.17, 15) is 14.4 Å². The van der Waals surface area contributed by atoms with Crippen LogP contribution in [0.1, 0.15) is 40.0 Å². The minimum atomic E-state index is -0.745. The van der Waals surface area contributed by atoms with Crippen LogP contribution in [-0.2, 0) is 36.1 Å². The fraction of sp³-hybridized carbons (Fsp3) is 0.273. The fourth-order valence-electron chi connectivity index (χ4n) is 1.90. The molecule has 0 fully saturated rings. The molecule has 29 heavy (non-hydrogen) atoms. The Bertz CT molecular complexity index is 801. The second-order valence-electron chi connectivity index (χ2n) is 5.56. The van der Waals surface area contributed by atoms with Gasteiger partial charge in [0, 0.05) is 41.0 Å². The topological polar surface area (TPSA) is 112 Å². The second-order valence-corrected chi connectivity index (χ2v) is 5.56. The predicted molar refractivity (Wildman–Crippen MR) is 111 cm³/mol. The maximum absolute atomic E-state index is 9.37. The van der Waals surface area contributed by atoms with Crippen molar-refractivity contribution >= 4 is 39.5 Å². The molecule has 3 aromatic carbocycles. The van der Waals surface area contributed by atoms with Crippen molar-refractivity contribution in [1.82, 2.24) is 0 Å². The summed E-state index contributed by atoms with van der Waals surface area (Å²) < 4.78 is 0. The Labute approximate surface area is 185 Å². The van der Waals surface area contributed by atoms with Crippen LogP contribution in [0.3, 0.4) is 0 Å². The van der Waals surface area contributed by atoms with Gasteiger partial charge in [-0.2, -0.15) is 0 Å². The quantitative estimate of drug-likeness (QED) is 0.387. The summed E-state index contributed by atoms with van der Waals surface area (Å²) >= 11 is 0. The van der Waals surface area contributed by atoms with E-state index < -0.39 is 17.9 Å². The molecule has 0 heterocycles. The van der Waals surface area contributed by atoms with Gasteiger partial charge in [0.05, 0.1) is 0 Å². The van der Waals surface area contributed by atoms with Gasteiger partial charge in [-0.25, -0.2) is 0 Å². The van der Waals surface area contributed by atoms with Crippen LogP contribution in [-0.4, -0.2) is 33.2 Å². The zero-order valence-electron chi connectivity index (χ0n) is 16.9. The summed E-state index contributed by atoms with van der Waals surface area (Å²) in [4.78, 5) is 28.1. The number of carboxylic acid groups (broad SMARTS) is 3. The molecule has 6 nitrogen and oxygen atoms in total. The maximum Gasteiger partial charge on any atom is 0.303 e. The average molecular weight is 435 g/mol. The molecule has 7 heteroatoms. The van der Waals surface area contributed by atoms with Crippen molar-refractivity contribution in [1.29, 1.82) is 0 Å². The summed E-state index contributed by atoms with van der Waals surface area (Å²) in [6.07, 6.45) is 0.667. The van der Waals surface area contributed by atoms with E-state index >= 15 is 0 Å².